The van der Waals surface area contributed by atoms with Gasteiger partial charge in [-0.25, -0.2) is 4.98 Å². The first-order valence-corrected chi connectivity index (χ1v) is 7.60. The van der Waals surface area contributed by atoms with E-state index in [1.54, 1.807) is 7.11 Å². The van der Waals surface area contributed by atoms with Crippen molar-refractivity contribution in [2.45, 2.75) is 52.7 Å². The van der Waals surface area contributed by atoms with Gasteiger partial charge in [-0.1, -0.05) is 6.07 Å². The lowest BCUT2D eigenvalue weighted by Gasteiger charge is -2.19. The Labute approximate surface area is 132 Å². The lowest BCUT2D eigenvalue weighted by Crippen LogP contribution is -2.22. The predicted octanol–water partition coefficient (Wildman–Crippen LogP) is 3.20. The van der Waals surface area contributed by atoms with Gasteiger partial charge in [-0.05, 0) is 40.2 Å². The van der Waals surface area contributed by atoms with E-state index in [0.717, 1.165) is 17.8 Å². The van der Waals surface area contributed by atoms with Crippen LogP contribution in [0.5, 0.6) is 5.88 Å². The van der Waals surface area contributed by atoms with Crippen LogP contribution in [0.4, 0.5) is 0 Å². The van der Waals surface area contributed by atoms with Crippen LogP contribution < -0.4 is 10.1 Å². The number of hydrogen-bond acceptors (Lipinski definition) is 4. The van der Waals surface area contributed by atoms with Crippen LogP contribution in [-0.4, -0.2) is 21.9 Å². The van der Waals surface area contributed by atoms with Crippen LogP contribution in [0.25, 0.3) is 0 Å². The Morgan fingerprint density at radius 3 is 2.55 bits per heavy atom. The number of pyridine rings is 1. The molecule has 2 aromatic rings. The molecule has 120 valence electrons. The third-order valence-electron chi connectivity index (χ3n) is 3.71. The molecule has 5 nitrogen and oxygen atoms in total. The zero-order valence-electron chi connectivity index (χ0n) is 14.3. The van der Waals surface area contributed by atoms with E-state index in [-0.39, 0.29) is 11.6 Å². The second-order valence-corrected chi connectivity index (χ2v) is 6.60. The van der Waals surface area contributed by atoms with Crippen molar-refractivity contribution in [1.29, 1.82) is 0 Å². The smallest absolute Gasteiger partial charge is 0.212 e. The van der Waals surface area contributed by atoms with Crippen molar-refractivity contribution in [3.05, 3.63) is 41.3 Å². The molecule has 22 heavy (non-hydrogen) atoms. The van der Waals surface area contributed by atoms with E-state index < -0.39 is 0 Å². The van der Waals surface area contributed by atoms with Crippen molar-refractivity contribution in [2.24, 2.45) is 0 Å². The van der Waals surface area contributed by atoms with Crippen LogP contribution in [-0.2, 0) is 12.1 Å². The Kier molecular flexibility index (Phi) is 4.86. The van der Waals surface area contributed by atoms with Gasteiger partial charge >= 0.3 is 0 Å². The Morgan fingerprint density at radius 1 is 1.32 bits per heavy atom. The van der Waals surface area contributed by atoms with Gasteiger partial charge in [0.05, 0.1) is 18.3 Å². The van der Waals surface area contributed by atoms with E-state index in [9.17, 15) is 0 Å². The minimum absolute atomic E-state index is 0.00261. The number of methoxy groups -OCH3 is 1. The van der Waals surface area contributed by atoms with Crippen LogP contribution in [0.3, 0.4) is 0 Å². The van der Waals surface area contributed by atoms with Gasteiger partial charge in [0.15, 0.2) is 0 Å². The van der Waals surface area contributed by atoms with Gasteiger partial charge in [-0.3, -0.25) is 4.68 Å². The maximum atomic E-state index is 5.07. The molecule has 0 saturated carbocycles. The van der Waals surface area contributed by atoms with Crippen molar-refractivity contribution in [1.82, 2.24) is 20.1 Å². The Bertz CT molecular complexity index is 611. The Morgan fingerprint density at radius 2 is 2.05 bits per heavy atom. The molecule has 2 rings (SSSR count). The molecule has 0 spiro atoms. The van der Waals surface area contributed by atoms with Gasteiger partial charge in [0.25, 0.3) is 0 Å². The van der Waals surface area contributed by atoms with Gasteiger partial charge in [0.1, 0.15) is 0 Å². The number of aryl methyl sites for hydroxylation is 1. The van der Waals surface area contributed by atoms with E-state index in [4.69, 9.17) is 4.74 Å². The van der Waals surface area contributed by atoms with E-state index in [1.807, 2.05) is 23.0 Å². The van der Waals surface area contributed by atoms with Gasteiger partial charge in [-0.15, -0.1) is 0 Å². The highest BCUT2D eigenvalue weighted by molar-refractivity contribution is 5.21. The number of ether oxygens (including phenoxy) is 1. The minimum Gasteiger partial charge on any atom is -0.481 e. The summed E-state index contributed by atoms with van der Waals surface area (Å²) in [7, 11) is 1.62. The molecule has 5 heteroatoms. The molecule has 0 aromatic carbocycles. The van der Waals surface area contributed by atoms with Crippen molar-refractivity contribution >= 4 is 0 Å². The Balaban J connectivity index is 2.02. The highest BCUT2D eigenvalue weighted by atomic mass is 16.5. The molecule has 1 N–H and O–H groups in total. The van der Waals surface area contributed by atoms with Crippen LogP contribution in [0.1, 0.15) is 50.6 Å². The molecular formula is C17H26N4O. The topological polar surface area (TPSA) is 52.0 Å². The molecule has 2 heterocycles. The average Bonchev–Trinajstić information content (AvgIpc) is 2.87. The molecule has 1 atom stereocenters. The summed E-state index contributed by atoms with van der Waals surface area (Å²) in [6.45, 7) is 11.5. The molecular weight excluding hydrogens is 276 g/mol. The quantitative estimate of drug-likeness (QED) is 0.921. The van der Waals surface area contributed by atoms with Crippen molar-refractivity contribution in [2.75, 3.05) is 7.11 Å². The molecule has 0 amide bonds. The monoisotopic (exact) mass is 302 g/mol. The average molecular weight is 302 g/mol. The zero-order valence-corrected chi connectivity index (χ0v) is 14.3. The van der Waals surface area contributed by atoms with E-state index >= 15 is 0 Å². The molecule has 0 saturated heterocycles. The summed E-state index contributed by atoms with van der Waals surface area (Å²) >= 11 is 0. The minimum atomic E-state index is 0.00261. The van der Waals surface area contributed by atoms with Gasteiger partial charge in [0, 0.05) is 36.6 Å². The third kappa shape index (κ3) is 3.85. The van der Waals surface area contributed by atoms with Crippen LogP contribution in [0.15, 0.2) is 24.5 Å². The highest BCUT2D eigenvalue weighted by Gasteiger charge is 2.18. The zero-order chi connectivity index (χ0) is 16.3. The van der Waals surface area contributed by atoms with E-state index in [2.05, 4.69) is 56.2 Å². The number of hydrogen-bond donors (Lipinski definition) is 1. The lowest BCUT2D eigenvalue weighted by molar-refractivity contribution is 0.353. The molecule has 0 fully saturated rings. The fraction of sp³-hybridized carbons (Fsp3) is 0.529. The molecule has 0 aliphatic carbocycles. The fourth-order valence-electron chi connectivity index (χ4n) is 2.26. The third-order valence-corrected chi connectivity index (χ3v) is 3.71. The molecule has 0 unspecified atom stereocenters. The normalized spacial score (nSPS) is 13.2. The standard InChI is InChI=1S/C17H26N4O/c1-12(15-11-21(17(3,4)5)20-13(15)2)18-9-14-7-8-16(22-6)19-10-14/h7-8,10-12,18H,9H2,1-6H3/t12-/m1/s1. The highest BCUT2D eigenvalue weighted by Crippen LogP contribution is 2.21. The van der Waals surface area contributed by atoms with E-state index in [0.29, 0.717) is 5.88 Å². The summed E-state index contributed by atoms with van der Waals surface area (Å²) in [5, 5.41) is 8.15. The summed E-state index contributed by atoms with van der Waals surface area (Å²) in [4.78, 5) is 4.22. The van der Waals surface area contributed by atoms with Crippen LogP contribution in [0.2, 0.25) is 0 Å². The molecule has 0 radical (unpaired) electrons. The first-order valence-electron chi connectivity index (χ1n) is 7.60. The van der Waals surface area contributed by atoms with Gasteiger partial charge < -0.3 is 10.1 Å². The second-order valence-electron chi connectivity index (χ2n) is 6.60. The van der Waals surface area contributed by atoms with Gasteiger partial charge in [0.2, 0.25) is 5.88 Å². The number of rotatable bonds is 5. The summed E-state index contributed by atoms with van der Waals surface area (Å²) in [6.07, 6.45) is 3.98. The summed E-state index contributed by atoms with van der Waals surface area (Å²) < 4.78 is 7.10. The second kappa shape index (κ2) is 6.48. The van der Waals surface area contributed by atoms with Crippen molar-refractivity contribution in [3.63, 3.8) is 0 Å². The SMILES string of the molecule is COc1ccc(CN[C@H](C)c2cn(C(C)(C)C)nc2C)cn1. The Hall–Kier alpha value is -1.88. The van der Waals surface area contributed by atoms with E-state index in [1.165, 1.54) is 5.56 Å². The largest absolute Gasteiger partial charge is 0.481 e. The summed E-state index contributed by atoms with van der Waals surface area (Å²) in [5.74, 6) is 0.638. The van der Waals surface area contributed by atoms with Crippen LogP contribution in [0, 0.1) is 6.92 Å². The number of aromatic nitrogens is 3. The molecule has 0 aliphatic heterocycles. The predicted molar refractivity (Wildman–Crippen MR) is 88.0 cm³/mol. The molecule has 0 bridgehead atoms. The summed E-state index contributed by atoms with van der Waals surface area (Å²) in [6, 6.07) is 4.14. The van der Waals surface area contributed by atoms with Gasteiger partial charge in [-0.2, -0.15) is 5.10 Å². The van der Waals surface area contributed by atoms with Crippen molar-refractivity contribution < 1.29 is 4.74 Å². The maximum Gasteiger partial charge on any atom is 0.212 e. The lowest BCUT2D eigenvalue weighted by atomic mass is 10.1. The molecule has 2 aromatic heterocycles. The molecule has 0 aliphatic rings. The van der Waals surface area contributed by atoms with Crippen molar-refractivity contribution in [3.8, 4) is 5.88 Å². The number of nitrogens with one attached hydrogen (secondary N) is 1. The fourth-order valence-corrected chi connectivity index (χ4v) is 2.26. The summed E-state index contributed by atoms with van der Waals surface area (Å²) in [5.41, 5.74) is 3.44. The van der Waals surface area contributed by atoms with Crippen LogP contribution >= 0.6 is 0 Å². The first kappa shape index (κ1) is 16.5. The maximum absolute atomic E-state index is 5.07. The number of nitrogens with zero attached hydrogens (tertiary/aromatic N) is 3. The first-order chi connectivity index (χ1) is 10.3.